The number of aryl methyl sites for hydroxylation is 2. The van der Waals surface area contributed by atoms with Crippen molar-refractivity contribution in [1.82, 2.24) is 5.32 Å². The average molecular weight is 386 g/mol. The maximum Gasteiger partial charge on any atom is 0.339 e. The van der Waals surface area contributed by atoms with Crippen molar-refractivity contribution in [2.45, 2.75) is 58.4 Å². The average Bonchev–Trinajstić information content (AvgIpc) is 3.16. The number of amides is 1. The van der Waals surface area contributed by atoms with Crippen molar-refractivity contribution in [3.63, 3.8) is 0 Å². The minimum Gasteiger partial charge on any atom is -0.548 e. The summed E-state index contributed by atoms with van der Waals surface area (Å²) in [5.41, 5.74) is 2.58. The van der Waals surface area contributed by atoms with Crippen molar-refractivity contribution >= 4 is 22.8 Å². The second-order valence-corrected chi connectivity index (χ2v) is 7.14. The Hall–Kier alpha value is -2.83. The van der Waals surface area contributed by atoms with Gasteiger partial charge in [-0.25, -0.2) is 4.79 Å². The molecule has 0 aliphatic heterocycles. The number of unbranched alkanes of at least 4 members (excludes halogenated alkanes) is 1. The molecule has 0 radical (unpaired) electrons. The molecule has 1 aliphatic rings. The van der Waals surface area contributed by atoms with Gasteiger partial charge in [0.2, 0.25) is 0 Å². The van der Waals surface area contributed by atoms with E-state index in [-0.39, 0.29) is 12.2 Å². The fraction of sp³-hybridized carbons (Fsp3) is 0.476. The van der Waals surface area contributed by atoms with E-state index in [1.54, 1.807) is 13.0 Å². The van der Waals surface area contributed by atoms with Crippen LogP contribution in [0.3, 0.4) is 0 Å². The van der Waals surface area contributed by atoms with Crippen LogP contribution in [-0.2, 0) is 22.4 Å². The lowest BCUT2D eigenvalue weighted by Crippen LogP contribution is -2.49. The number of ether oxygens (including phenoxy) is 1. The molecular weight excluding hydrogens is 362 g/mol. The number of nitrogens with one attached hydrogen (secondary N) is 1. The highest BCUT2D eigenvalue weighted by Gasteiger charge is 2.21. The third kappa shape index (κ3) is 4.03. The van der Waals surface area contributed by atoms with Gasteiger partial charge in [-0.3, -0.25) is 4.79 Å². The van der Waals surface area contributed by atoms with E-state index in [1.807, 2.05) is 13.0 Å². The number of hydrogen-bond acceptors (Lipinski definition) is 6. The third-order valence-electron chi connectivity index (χ3n) is 5.17. The SMILES string of the molecule is CCCC[C@H](NC(=O)COc1ccc2c3c(c(=O)oc2c1C)CCC3)C(=O)[O-]. The molecule has 0 fully saturated rings. The number of carboxylic acids is 1. The van der Waals surface area contributed by atoms with Crippen molar-refractivity contribution in [1.29, 1.82) is 0 Å². The highest BCUT2D eigenvalue weighted by atomic mass is 16.5. The highest BCUT2D eigenvalue weighted by molar-refractivity contribution is 5.87. The van der Waals surface area contributed by atoms with E-state index < -0.39 is 17.9 Å². The van der Waals surface area contributed by atoms with E-state index >= 15 is 0 Å². The largest absolute Gasteiger partial charge is 0.548 e. The summed E-state index contributed by atoms with van der Waals surface area (Å²) in [7, 11) is 0. The molecule has 1 heterocycles. The topological polar surface area (TPSA) is 109 Å². The zero-order valence-corrected chi connectivity index (χ0v) is 16.1. The van der Waals surface area contributed by atoms with Crippen LogP contribution in [0.1, 0.15) is 49.3 Å². The summed E-state index contributed by atoms with van der Waals surface area (Å²) in [5.74, 6) is -1.43. The third-order valence-corrected chi connectivity index (χ3v) is 5.17. The minimum atomic E-state index is -1.31. The standard InChI is InChI=1S/C21H25NO6/c1-3-4-8-16(20(24)25)22-18(23)11-27-17-10-9-14-13-6-5-7-15(13)21(26)28-19(14)12(17)2/h9-10,16H,3-8,11H2,1-2H3,(H,22,23)(H,24,25)/p-1/t16-/m0/s1. The number of carboxylic acid groups (broad SMARTS) is 1. The minimum absolute atomic E-state index is 0.314. The summed E-state index contributed by atoms with van der Waals surface area (Å²) >= 11 is 0. The van der Waals surface area contributed by atoms with Crippen LogP contribution >= 0.6 is 0 Å². The molecular formula is C21H24NO6-. The van der Waals surface area contributed by atoms with Gasteiger partial charge in [0.15, 0.2) is 6.61 Å². The molecule has 0 saturated carbocycles. The van der Waals surface area contributed by atoms with Gasteiger partial charge < -0.3 is 24.4 Å². The van der Waals surface area contributed by atoms with Gasteiger partial charge >= 0.3 is 5.63 Å². The first-order valence-corrected chi connectivity index (χ1v) is 9.63. The summed E-state index contributed by atoms with van der Waals surface area (Å²) < 4.78 is 11.1. The van der Waals surface area contributed by atoms with Gasteiger partial charge in [-0.2, -0.15) is 0 Å². The summed E-state index contributed by atoms with van der Waals surface area (Å²) in [6.07, 6.45) is 4.34. The molecule has 1 N–H and O–H groups in total. The van der Waals surface area contributed by atoms with Crippen molar-refractivity contribution in [2.24, 2.45) is 0 Å². The van der Waals surface area contributed by atoms with Crippen molar-refractivity contribution in [3.05, 3.63) is 39.2 Å². The van der Waals surface area contributed by atoms with Crippen molar-refractivity contribution in [2.75, 3.05) is 6.61 Å². The molecule has 0 unspecified atom stereocenters. The Labute approximate surface area is 162 Å². The molecule has 2 aromatic rings. The Balaban J connectivity index is 1.73. The summed E-state index contributed by atoms with van der Waals surface area (Å²) in [4.78, 5) is 35.4. The maximum absolute atomic E-state index is 12.2. The maximum atomic E-state index is 12.2. The van der Waals surface area contributed by atoms with E-state index in [0.29, 0.717) is 29.7 Å². The molecule has 7 nitrogen and oxygen atoms in total. The second-order valence-electron chi connectivity index (χ2n) is 7.14. The number of fused-ring (bicyclic) bond motifs is 3. The molecule has 28 heavy (non-hydrogen) atoms. The summed E-state index contributed by atoms with van der Waals surface area (Å²) in [5, 5.41) is 14.5. The van der Waals surface area contributed by atoms with Gasteiger partial charge in [0.25, 0.3) is 5.91 Å². The van der Waals surface area contributed by atoms with Gasteiger partial charge in [-0.15, -0.1) is 0 Å². The number of hydrogen-bond donors (Lipinski definition) is 1. The number of aliphatic carboxylic acids is 1. The first-order valence-electron chi connectivity index (χ1n) is 9.63. The zero-order chi connectivity index (χ0) is 20.3. The van der Waals surface area contributed by atoms with E-state index in [9.17, 15) is 19.5 Å². The van der Waals surface area contributed by atoms with Gasteiger partial charge in [0, 0.05) is 16.5 Å². The van der Waals surface area contributed by atoms with E-state index in [4.69, 9.17) is 9.15 Å². The zero-order valence-electron chi connectivity index (χ0n) is 16.1. The van der Waals surface area contributed by atoms with Gasteiger partial charge in [0.05, 0.1) is 12.0 Å². The Kier molecular flexibility index (Phi) is 6.02. The van der Waals surface area contributed by atoms with Gasteiger partial charge in [-0.1, -0.05) is 19.8 Å². The van der Waals surface area contributed by atoms with Crippen molar-refractivity contribution in [3.8, 4) is 5.75 Å². The fourth-order valence-corrected chi connectivity index (χ4v) is 3.66. The molecule has 0 bridgehead atoms. The summed E-state index contributed by atoms with van der Waals surface area (Å²) in [6, 6.07) is 2.56. The van der Waals surface area contributed by atoms with E-state index in [1.165, 1.54) is 0 Å². The van der Waals surface area contributed by atoms with Gasteiger partial charge in [0.1, 0.15) is 11.3 Å². The predicted molar refractivity (Wildman–Crippen MR) is 101 cm³/mol. The smallest absolute Gasteiger partial charge is 0.339 e. The molecule has 1 aromatic heterocycles. The predicted octanol–water partition coefficient (Wildman–Crippen LogP) is 1.39. The van der Waals surface area contributed by atoms with Crippen molar-refractivity contribution < 1.29 is 23.8 Å². The van der Waals surface area contributed by atoms with Crippen LogP contribution < -0.4 is 20.8 Å². The Morgan fingerprint density at radius 1 is 1.29 bits per heavy atom. The number of carbonyl (C=O) groups excluding carboxylic acids is 2. The first kappa shape index (κ1) is 19.9. The lowest BCUT2D eigenvalue weighted by atomic mass is 10.0. The quantitative estimate of drug-likeness (QED) is 0.687. The lowest BCUT2D eigenvalue weighted by Gasteiger charge is -2.19. The molecule has 0 saturated heterocycles. The van der Waals surface area contributed by atoms with Crippen LogP contribution in [0.4, 0.5) is 0 Å². The Bertz CT molecular complexity index is 962. The number of benzene rings is 1. The van der Waals surface area contributed by atoms with Crippen LogP contribution in [0.5, 0.6) is 5.75 Å². The highest BCUT2D eigenvalue weighted by Crippen LogP contribution is 2.32. The van der Waals surface area contributed by atoms with Gasteiger partial charge in [-0.05, 0) is 50.3 Å². The van der Waals surface area contributed by atoms with Crippen LogP contribution in [0.2, 0.25) is 0 Å². The summed E-state index contributed by atoms with van der Waals surface area (Å²) in [6.45, 7) is 3.37. The van der Waals surface area contributed by atoms with E-state index in [2.05, 4.69) is 5.32 Å². The normalized spacial score (nSPS) is 13.9. The van der Waals surface area contributed by atoms with Crippen LogP contribution in [0.25, 0.3) is 11.0 Å². The number of carbonyl (C=O) groups is 2. The molecule has 1 amide bonds. The van der Waals surface area contributed by atoms with Crippen LogP contribution in [0.15, 0.2) is 21.3 Å². The Morgan fingerprint density at radius 3 is 2.75 bits per heavy atom. The first-order chi connectivity index (χ1) is 13.4. The fourth-order valence-electron chi connectivity index (χ4n) is 3.66. The number of rotatable bonds is 8. The molecule has 7 heteroatoms. The monoisotopic (exact) mass is 386 g/mol. The Morgan fingerprint density at radius 2 is 2.04 bits per heavy atom. The van der Waals surface area contributed by atoms with E-state index in [0.717, 1.165) is 42.2 Å². The molecule has 150 valence electrons. The lowest BCUT2D eigenvalue weighted by molar-refractivity contribution is -0.308. The van der Waals surface area contributed by atoms with Crippen LogP contribution in [0, 0.1) is 6.92 Å². The molecule has 0 spiro atoms. The molecule has 1 atom stereocenters. The molecule has 1 aromatic carbocycles. The molecule has 3 rings (SSSR count). The second kappa shape index (κ2) is 8.46. The molecule has 1 aliphatic carbocycles. The van der Waals surface area contributed by atoms with Crippen LogP contribution in [-0.4, -0.2) is 24.5 Å².